The summed E-state index contributed by atoms with van der Waals surface area (Å²) >= 11 is 0. The lowest BCUT2D eigenvalue weighted by Crippen LogP contribution is -2.45. The topological polar surface area (TPSA) is 30.9 Å². The zero-order valence-corrected chi connectivity index (χ0v) is 11.0. The van der Waals surface area contributed by atoms with Crippen molar-refractivity contribution in [3.63, 3.8) is 0 Å². The normalized spacial score (nSPS) is 32.8. The van der Waals surface area contributed by atoms with Gasteiger partial charge >= 0.3 is 0 Å². The molecule has 0 aromatic heterocycles. The number of hydrogen-bond acceptors (Lipinski definition) is 4. The molecule has 1 spiro atoms. The molecule has 0 aromatic rings. The van der Waals surface area contributed by atoms with Gasteiger partial charge in [-0.15, -0.1) is 0 Å². The first-order valence-corrected chi connectivity index (χ1v) is 5.96. The molecule has 2 aliphatic rings. The van der Waals surface area contributed by atoms with E-state index in [0.29, 0.717) is 13.2 Å². The summed E-state index contributed by atoms with van der Waals surface area (Å²) in [5.41, 5.74) is -0.342. The Morgan fingerprint density at radius 3 is 2.06 bits per heavy atom. The van der Waals surface area contributed by atoms with Crippen LogP contribution < -0.4 is 0 Å². The Morgan fingerprint density at radius 2 is 1.50 bits per heavy atom. The van der Waals surface area contributed by atoms with Gasteiger partial charge in [-0.25, -0.2) is 0 Å². The molecule has 16 heavy (non-hydrogen) atoms. The summed E-state index contributed by atoms with van der Waals surface area (Å²) in [6, 6.07) is 0. The van der Waals surface area contributed by atoms with Gasteiger partial charge in [-0.2, -0.15) is 5.06 Å². The minimum atomic E-state index is -0.461. The molecule has 2 saturated heterocycles. The minimum Gasteiger partial charge on any atom is -0.347 e. The molecule has 2 fully saturated rings. The fraction of sp³-hybridized carbons (Fsp3) is 1.00. The number of rotatable bonds is 0. The molecule has 0 bridgehead atoms. The molecular weight excluding hydrogens is 206 g/mol. The number of hydrogen-bond donors (Lipinski definition) is 0. The predicted octanol–water partition coefficient (Wildman–Crippen LogP) is 1.94. The van der Waals surface area contributed by atoms with Gasteiger partial charge in [0.05, 0.1) is 18.8 Å². The second kappa shape index (κ2) is 3.67. The smallest absolute Gasteiger partial charge is 0.173 e. The molecule has 0 saturated carbocycles. The van der Waals surface area contributed by atoms with E-state index in [1.807, 2.05) is 12.1 Å². The van der Waals surface area contributed by atoms with Gasteiger partial charge in [0.2, 0.25) is 0 Å². The van der Waals surface area contributed by atoms with Crippen LogP contribution in [-0.4, -0.2) is 42.3 Å². The summed E-state index contributed by atoms with van der Waals surface area (Å²) in [6.07, 6.45) is 1.60. The lowest BCUT2D eigenvalue weighted by Gasteiger charge is -2.36. The quantitative estimate of drug-likeness (QED) is 0.635. The van der Waals surface area contributed by atoms with E-state index < -0.39 is 5.79 Å². The summed E-state index contributed by atoms with van der Waals surface area (Å²) in [5.74, 6) is -0.461. The molecule has 0 atom stereocenters. The molecule has 0 unspecified atom stereocenters. The summed E-state index contributed by atoms with van der Waals surface area (Å²) in [6.45, 7) is 9.85. The van der Waals surface area contributed by atoms with E-state index in [-0.39, 0.29) is 11.1 Å². The van der Waals surface area contributed by atoms with Crippen LogP contribution in [0.2, 0.25) is 0 Å². The zero-order chi connectivity index (χ0) is 12.0. The van der Waals surface area contributed by atoms with Crippen LogP contribution in [0.3, 0.4) is 0 Å². The Kier molecular flexibility index (Phi) is 2.82. The van der Waals surface area contributed by atoms with Crippen molar-refractivity contribution in [2.24, 2.45) is 0 Å². The molecular formula is C12H23NO3. The number of hydroxylamine groups is 2. The van der Waals surface area contributed by atoms with Crippen molar-refractivity contribution in [1.82, 2.24) is 5.06 Å². The van der Waals surface area contributed by atoms with Gasteiger partial charge in [0, 0.05) is 25.4 Å². The van der Waals surface area contributed by atoms with Crippen LogP contribution >= 0.6 is 0 Å². The van der Waals surface area contributed by atoms with Crippen molar-refractivity contribution in [2.45, 2.75) is 57.5 Å². The Hall–Kier alpha value is -0.160. The van der Waals surface area contributed by atoms with Crippen LogP contribution in [-0.2, 0) is 14.3 Å². The molecule has 2 aliphatic heterocycles. The van der Waals surface area contributed by atoms with E-state index in [0.717, 1.165) is 12.8 Å². The van der Waals surface area contributed by atoms with Gasteiger partial charge in [-0.05, 0) is 27.7 Å². The van der Waals surface area contributed by atoms with Crippen molar-refractivity contribution in [2.75, 3.05) is 20.3 Å². The van der Waals surface area contributed by atoms with Gasteiger partial charge in [0.25, 0.3) is 0 Å². The van der Waals surface area contributed by atoms with Crippen LogP contribution in [0, 0.1) is 0 Å². The average Bonchev–Trinajstić information content (AvgIpc) is 2.46. The highest BCUT2D eigenvalue weighted by Gasteiger charge is 2.50. The highest BCUT2D eigenvalue weighted by atomic mass is 16.7. The summed E-state index contributed by atoms with van der Waals surface area (Å²) in [7, 11) is 1.98. The van der Waals surface area contributed by atoms with Crippen molar-refractivity contribution >= 4 is 0 Å². The Labute approximate surface area is 97.8 Å². The van der Waals surface area contributed by atoms with Gasteiger partial charge in [0.1, 0.15) is 0 Å². The number of nitrogens with zero attached hydrogens (tertiary/aromatic N) is 1. The second-order valence-corrected chi connectivity index (χ2v) is 6.12. The number of ether oxygens (including phenoxy) is 2. The predicted molar refractivity (Wildman–Crippen MR) is 60.9 cm³/mol. The minimum absolute atomic E-state index is 0.0852. The zero-order valence-electron chi connectivity index (χ0n) is 11.0. The molecule has 0 amide bonds. The molecule has 0 N–H and O–H groups in total. The average molecular weight is 229 g/mol. The summed E-state index contributed by atoms with van der Waals surface area (Å²) in [5, 5.41) is 1.94. The lowest BCUT2D eigenvalue weighted by molar-refractivity contribution is -0.255. The van der Waals surface area contributed by atoms with Crippen LogP contribution in [0.5, 0.6) is 0 Å². The SMILES string of the molecule is CN1OC(C)(C)CC2(CC1(C)C)OCCO2. The van der Waals surface area contributed by atoms with E-state index in [9.17, 15) is 0 Å². The first-order chi connectivity index (χ1) is 7.25. The first kappa shape index (κ1) is 12.3. The third-order valence-corrected chi connectivity index (χ3v) is 3.45. The maximum absolute atomic E-state index is 5.97. The van der Waals surface area contributed by atoms with Crippen LogP contribution in [0.4, 0.5) is 0 Å². The Morgan fingerprint density at radius 1 is 0.938 bits per heavy atom. The highest BCUT2D eigenvalue weighted by Crippen LogP contribution is 2.42. The largest absolute Gasteiger partial charge is 0.347 e. The summed E-state index contributed by atoms with van der Waals surface area (Å²) in [4.78, 5) is 5.97. The molecule has 94 valence electrons. The van der Waals surface area contributed by atoms with Gasteiger partial charge < -0.3 is 9.47 Å². The fourth-order valence-corrected chi connectivity index (χ4v) is 2.71. The third kappa shape index (κ3) is 2.25. The van der Waals surface area contributed by atoms with Crippen LogP contribution in [0.15, 0.2) is 0 Å². The standard InChI is InChI=1S/C12H23NO3/c1-10(2)8-12(14-6-7-15-12)9-11(3,4)16-13(10)5/h6-9H2,1-5H3. The van der Waals surface area contributed by atoms with Crippen molar-refractivity contribution in [1.29, 1.82) is 0 Å². The summed E-state index contributed by atoms with van der Waals surface area (Å²) < 4.78 is 11.7. The van der Waals surface area contributed by atoms with E-state index in [1.54, 1.807) is 0 Å². The molecule has 2 rings (SSSR count). The highest BCUT2D eigenvalue weighted by molar-refractivity contribution is 4.94. The van der Waals surface area contributed by atoms with Crippen molar-refractivity contribution in [3.05, 3.63) is 0 Å². The lowest BCUT2D eigenvalue weighted by atomic mass is 9.89. The molecule has 4 nitrogen and oxygen atoms in total. The monoisotopic (exact) mass is 229 g/mol. The maximum Gasteiger partial charge on any atom is 0.173 e. The molecule has 0 radical (unpaired) electrons. The Bertz CT molecular complexity index is 269. The molecule has 2 heterocycles. The molecule has 0 aliphatic carbocycles. The van der Waals surface area contributed by atoms with Gasteiger partial charge in [-0.3, -0.25) is 4.84 Å². The van der Waals surface area contributed by atoms with E-state index >= 15 is 0 Å². The van der Waals surface area contributed by atoms with Crippen molar-refractivity contribution in [3.8, 4) is 0 Å². The van der Waals surface area contributed by atoms with E-state index in [4.69, 9.17) is 14.3 Å². The van der Waals surface area contributed by atoms with Gasteiger partial charge in [-0.1, -0.05) is 0 Å². The maximum atomic E-state index is 5.97. The van der Waals surface area contributed by atoms with E-state index in [1.165, 1.54) is 0 Å². The Balaban J connectivity index is 2.28. The van der Waals surface area contributed by atoms with Crippen molar-refractivity contribution < 1.29 is 14.3 Å². The fourth-order valence-electron chi connectivity index (χ4n) is 2.71. The molecule has 0 aromatic carbocycles. The first-order valence-electron chi connectivity index (χ1n) is 5.96. The van der Waals surface area contributed by atoms with Crippen LogP contribution in [0.1, 0.15) is 40.5 Å². The van der Waals surface area contributed by atoms with Crippen LogP contribution in [0.25, 0.3) is 0 Å². The van der Waals surface area contributed by atoms with Gasteiger partial charge in [0.15, 0.2) is 5.79 Å². The van der Waals surface area contributed by atoms with E-state index in [2.05, 4.69) is 27.7 Å². The molecule has 4 heteroatoms. The third-order valence-electron chi connectivity index (χ3n) is 3.45. The second-order valence-electron chi connectivity index (χ2n) is 6.12.